The van der Waals surface area contributed by atoms with Gasteiger partial charge in [-0.2, -0.15) is 0 Å². The van der Waals surface area contributed by atoms with E-state index >= 15 is 0 Å². The van der Waals surface area contributed by atoms with E-state index in [-0.39, 0.29) is 30.0 Å². The number of non-ortho nitro benzene ring substituents is 1. The fourth-order valence-electron chi connectivity index (χ4n) is 5.62. The summed E-state index contributed by atoms with van der Waals surface area (Å²) in [4.78, 5) is 69.4. The SMILES string of the molecule is CCN1C(=O)C2C(C1=O)C(c1cccc([N+](=O)[O-])c1)N(C(=O)C1CC1)C2C(=O)N1CCNCC1. The molecule has 0 spiro atoms. The zero-order chi connectivity index (χ0) is 24.1. The maximum absolute atomic E-state index is 13.8. The normalized spacial score (nSPS) is 28.9. The van der Waals surface area contributed by atoms with E-state index in [9.17, 15) is 29.3 Å². The summed E-state index contributed by atoms with van der Waals surface area (Å²) in [6.07, 6.45) is 1.37. The van der Waals surface area contributed by atoms with Crippen LogP contribution in [0.15, 0.2) is 24.3 Å². The van der Waals surface area contributed by atoms with Crippen LogP contribution in [0.3, 0.4) is 0 Å². The summed E-state index contributed by atoms with van der Waals surface area (Å²) >= 11 is 0. The van der Waals surface area contributed by atoms with Gasteiger partial charge < -0.3 is 15.1 Å². The van der Waals surface area contributed by atoms with E-state index in [0.717, 1.165) is 4.90 Å². The highest BCUT2D eigenvalue weighted by Crippen LogP contribution is 2.52. The molecule has 1 aliphatic carbocycles. The van der Waals surface area contributed by atoms with Gasteiger partial charge in [0.25, 0.3) is 5.69 Å². The van der Waals surface area contributed by atoms with Crippen LogP contribution in [0.25, 0.3) is 0 Å². The largest absolute Gasteiger partial charge is 0.338 e. The number of carbonyl (C=O) groups is 4. The van der Waals surface area contributed by atoms with Crippen LogP contribution in [0, 0.1) is 27.9 Å². The predicted molar refractivity (Wildman–Crippen MR) is 118 cm³/mol. The molecular formula is C23H27N5O6. The lowest BCUT2D eigenvalue weighted by Crippen LogP contribution is -2.56. The number of nitrogens with one attached hydrogen (secondary N) is 1. The van der Waals surface area contributed by atoms with E-state index in [1.165, 1.54) is 23.1 Å². The number of carbonyl (C=O) groups excluding carboxylic acids is 4. The molecule has 4 unspecified atom stereocenters. The second-order valence-electron chi connectivity index (χ2n) is 9.31. The lowest BCUT2D eigenvalue weighted by atomic mass is 9.86. The van der Waals surface area contributed by atoms with Gasteiger partial charge in [0.05, 0.1) is 22.8 Å². The molecule has 0 bridgehead atoms. The lowest BCUT2D eigenvalue weighted by molar-refractivity contribution is -0.385. The summed E-state index contributed by atoms with van der Waals surface area (Å²) in [6.45, 7) is 3.95. The molecule has 4 fully saturated rings. The van der Waals surface area contributed by atoms with Crippen molar-refractivity contribution < 1.29 is 24.1 Å². The van der Waals surface area contributed by atoms with Gasteiger partial charge in [0.15, 0.2) is 0 Å². The summed E-state index contributed by atoms with van der Waals surface area (Å²) in [5.41, 5.74) is 0.224. The standard InChI is InChI=1S/C23H27N5O6/c1-2-26-21(30)16-17(22(26)31)19(23(32)25-10-8-24-9-11-25)27(20(29)13-6-7-13)18(16)14-4-3-5-15(12-14)28(33)34/h3-5,12-13,16-19,24H,2,6-11H2,1H3. The molecule has 1 aromatic rings. The molecular weight excluding hydrogens is 442 g/mol. The highest BCUT2D eigenvalue weighted by Gasteiger charge is 2.66. The molecule has 5 rings (SSSR count). The first-order valence-electron chi connectivity index (χ1n) is 11.8. The minimum absolute atomic E-state index is 0.164. The number of piperazine rings is 1. The first-order chi connectivity index (χ1) is 16.3. The van der Waals surface area contributed by atoms with Crippen molar-refractivity contribution in [2.45, 2.75) is 31.8 Å². The number of imide groups is 1. The number of rotatable bonds is 5. The zero-order valence-corrected chi connectivity index (χ0v) is 18.9. The minimum Gasteiger partial charge on any atom is -0.338 e. The van der Waals surface area contributed by atoms with Gasteiger partial charge in [0.1, 0.15) is 6.04 Å². The Hall–Kier alpha value is -3.34. The van der Waals surface area contributed by atoms with Crippen LogP contribution in [0.4, 0.5) is 5.69 Å². The van der Waals surface area contributed by atoms with Crippen molar-refractivity contribution in [2.75, 3.05) is 32.7 Å². The van der Waals surface area contributed by atoms with Crippen LogP contribution in [0.5, 0.6) is 0 Å². The van der Waals surface area contributed by atoms with Crippen molar-refractivity contribution in [1.29, 1.82) is 0 Å². The van der Waals surface area contributed by atoms with E-state index in [0.29, 0.717) is 44.6 Å². The predicted octanol–water partition coefficient (Wildman–Crippen LogP) is 0.310. The van der Waals surface area contributed by atoms with Gasteiger partial charge in [-0.05, 0) is 25.3 Å². The summed E-state index contributed by atoms with van der Waals surface area (Å²) in [7, 11) is 0. The van der Waals surface area contributed by atoms with E-state index in [4.69, 9.17) is 0 Å². The van der Waals surface area contributed by atoms with Crippen molar-refractivity contribution >= 4 is 29.3 Å². The molecule has 180 valence electrons. The maximum Gasteiger partial charge on any atom is 0.269 e. The first-order valence-corrected chi connectivity index (χ1v) is 11.8. The van der Waals surface area contributed by atoms with E-state index in [1.807, 2.05) is 0 Å². The lowest BCUT2D eigenvalue weighted by Gasteiger charge is -2.37. The van der Waals surface area contributed by atoms with Crippen molar-refractivity contribution in [2.24, 2.45) is 17.8 Å². The molecule has 3 aliphatic heterocycles. The Bertz CT molecular complexity index is 1070. The number of benzene rings is 1. The fraction of sp³-hybridized carbons (Fsp3) is 0.565. The second kappa shape index (κ2) is 8.46. The van der Waals surface area contributed by atoms with Crippen LogP contribution in [0.2, 0.25) is 0 Å². The molecule has 0 aromatic heterocycles. The first kappa shape index (κ1) is 22.5. The molecule has 34 heavy (non-hydrogen) atoms. The highest BCUT2D eigenvalue weighted by atomic mass is 16.6. The number of nitrogens with zero attached hydrogens (tertiary/aromatic N) is 4. The molecule has 1 N–H and O–H groups in total. The molecule has 11 heteroatoms. The van der Waals surface area contributed by atoms with Crippen LogP contribution in [-0.2, 0) is 19.2 Å². The molecule has 4 amide bonds. The fourth-order valence-corrected chi connectivity index (χ4v) is 5.62. The Morgan fingerprint density at radius 3 is 2.38 bits per heavy atom. The molecule has 4 atom stereocenters. The minimum atomic E-state index is -1.10. The molecule has 4 aliphatic rings. The molecule has 0 radical (unpaired) electrons. The quantitative estimate of drug-likeness (QED) is 0.373. The summed E-state index contributed by atoms with van der Waals surface area (Å²) in [5.74, 6) is -3.69. The smallest absolute Gasteiger partial charge is 0.269 e. The number of nitro groups is 1. The van der Waals surface area contributed by atoms with Crippen molar-refractivity contribution in [1.82, 2.24) is 20.0 Å². The number of fused-ring (bicyclic) bond motifs is 1. The Balaban J connectivity index is 1.65. The van der Waals surface area contributed by atoms with Crippen LogP contribution < -0.4 is 5.32 Å². The van der Waals surface area contributed by atoms with Gasteiger partial charge >= 0.3 is 0 Å². The van der Waals surface area contributed by atoms with Crippen LogP contribution in [0.1, 0.15) is 31.4 Å². The Morgan fingerprint density at radius 1 is 1.09 bits per heavy atom. The van der Waals surface area contributed by atoms with Gasteiger partial charge in [-0.3, -0.25) is 34.2 Å². The van der Waals surface area contributed by atoms with Gasteiger partial charge in [0.2, 0.25) is 23.6 Å². The van der Waals surface area contributed by atoms with Crippen LogP contribution in [-0.4, -0.2) is 82.0 Å². The maximum atomic E-state index is 13.8. The number of nitro benzene ring substituents is 1. The van der Waals surface area contributed by atoms with Crippen molar-refractivity contribution in [3.8, 4) is 0 Å². The highest BCUT2D eigenvalue weighted by molar-refractivity contribution is 6.10. The second-order valence-corrected chi connectivity index (χ2v) is 9.31. The average Bonchev–Trinajstić information content (AvgIpc) is 3.59. The van der Waals surface area contributed by atoms with Gasteiger partial charge in [-0.15, -0.1) is 0 Å². The van der Waals surface area contributed by atoms with Gasteiger partial charge in [-0.25, -0.2) is 0 Å². The van der Waals surface area contributed by atoms with Crippen LogP contribution >= 0.6 is 0 Å². The van der Waals surface area contributed by atoms with E-state index in [2.05, 4.69) is 5.32 Å². The third-order valence-electron chi connectivity index (χ3n) is 7.37. The molecule has 3 saturated heterocycles. The molecule has 3 heterocycles. The van der Waals surface area contributed by atoms with Gasteiger partial charge in [-0.1, -0.05) is 12.1 Å². The monoisotopic (exact) mass is 469 g/mol. The third-order valence-corrected chi connectivity index (χ3v) is 7.37. The van der Waals surface area contributed by atoms with Gasteiger partial charge in [0, 0.05) is 50.8 Å². The summed E-state index contributed by atoms with van der Waals surface area (Å²) in [6, 6.07) is 3.81. The van der Waals surface area contributed by atoms with Crippen molar-refractivity contribution in [3.63, 3.8) is 0 Å². The number of likely N-dealkylation sites (tertiary alicyclic amines) is 2. The Kier molecular flexibility index (Phi) is 5.59. The third kappa shape index (κ3) is 3.46. The number of hydrogen-bond acceptors (Lipinski definition) is 7. The van der Waals surface area contributed by atoms with Crippen molar-refractivity contribution in [3.05, 3.63) is 39.9 Å². The van der Waals surface area contributed by atoms with E-state index < -0.39 is 40.7 Å². The average molecular weight is 469 g/mol. The zero-order valence-electron chi connectivity index (χ0n) is 18.9. The number of amides is 4. The molecule has 1 saturated carbocycles. The topological polar surface area (TPSA) is 133 Å². The molecule has 11 nitrogen and oxygen atoms in total. The summed E-state index contributed by atoms with van der Waals surface area (Å²) < 4.78 is 0. The summed E-state index contributed by atoms with van der Waals surface area (Å²) in [5, 5.41) is 14.6. The Morgan fingerprint density at radius 2 is 1.76 bits per heavy atom. The Labute approximate surface area is 196 Å². The van der Waals surface area contributed by atoms with E-state index in [1.54, 1.807) is 17.9 Å². The number of hydrogen-bond donors (Lipinski definition) is 1. The molecule has 1 aromatic carbocycles.